The zero-order valence-corrected chi connectivity index (χ0v) is 81.5. The van der Waals surface area contributed by atoms with E-state index in [-0.39, 0.29) is 186 Å². The number of hydrogen-bond donors (Lipinski definition) is 11. The Morgan fingerprint density at radius 1 is 0.344 bits per heavy atom. The summed E-state index contributed by atoms with van der Waals surface area (Å²) in [6.07, 6.45) is 1.85. The van der Waals surface area contributed by atoms with Gasteiger partial charge in [-0.25, -0.2) is 38.6 Å². The van der Waals surface area contributed by atoms with Crippen molar-refractivity contribution in [1.29, 1.82) is 43.3 Å². The molecule has 9 aliphatic heterocycles. The van der Waals surface area contributed by atoms with E-state index in [1.165, 1.54) is 19.6 Å². The predicted molar refractivity (Wildman–Crippen MR) is 555 cm³/mol. The maximum Gasteiger partial charge on any atom is 0.330 e. The minimum absolute atomic E-state index is 0. The van der Waals surface area contributed by atoms with Gasteiger partial charge in [-0.3, -0.25) is 82.5 Å². The Morgan fingerprint density at radius 2 is 0.687 bits per heavy atom. The molecular formula is C97H193N27O7. The second-order valence-electron chi connectivity index (χ2n) is 36.3. The summed E-state index contributed by atoms with van der Waals surface area (Å²) in [4.78, 5) is 111. The number of nitrogens with zero attached hydrogens (tertiary/aromatic N) is 16. The first-order chi connectivity index (χ1) is 56.9. The number of para-hydroxylation sites is 1. The zero-order chi connectivity index (χ0) is 95.4. The van der Waals surface area contributed by atoms with E-state index in [1.54, 1.807) is 79.3 Å². The fraction of sp³-hybridized carbons (Fsp3) is 0.732. The molecule has 758 valence electrons. The number of nitrogens with two attached hydrogens (primary N) is 1. The number of benzene rings is 1. The lowest BCUT2D eigenvalue weighted by Crippen LogP contribution is -2.43. The summed E-state index contributed by atoms with van der Waals surface area (Å²) in [5, 5.41) is 69.4. The average Bonchev–Trinajstić information content (AvgIpc) is 1.63. The van der Waals surface area contributed by atoms with E-state index in [2.05, 4.69) is 91.1 Å². The van der Waals surface area contributed by atoms with Crippen LogP contribution in [-0.2, 0) is 0 Å². The summed E-state index contributed by atoms with van der Waals surface area (Å²) in [5.74, 6) is 8.70. The highest BCUT2D eigenvalue weighted by atomic mass is 16.2. The fourth-order valence-electron chi connectivity index (χ4n) is 16.2. The molecule has 8 saturated heterocycles. The predicted octanol–water partition coefficient (Wildman–Crippen LogP) is 20.1. The van der Waals surface area contributed by atoms with Crippen molar-refractivity contribution in [3.8, 4) is 0 Å². The van der Waals surface area contributed by atoms with E-state index < -0.39 is 0 Å². The molecule has 0 radical (unpaired) electrons. The van der Waals surface area contributed by atoms with Gasteiger partial charge in [-0.15, -0.1) is 0 Å². The van der Waals surface area contributed by atoms with Gasteiger partial charge in [0, 0.05) is 98.8 Å². The molecule has 9 unspecified atom stereocenters. The Bertz CT molecular complexity index is 3850. The van der Waals surface area contributed by atoms with E-state index in [1.807, 2.05) is 186 Å². The van der Waals surface area contributed by atoms with Gasteiger partial charge in [-0.2, -0.15) is 0 Å². The van der Waals surface area contributed by atoms with Crippen LogP contribution in [0.2, 0.25) is 0 Å². The standard InChI is InChI=1S/C13H17N3O.2C12H23N3O.2C10H19N3O.C9H17N3O.C8H15N3O.C8H15N3.C7H13N3.8CH4/c1-9(2)11-12(14)15(3)13(17)16(11)10-7-5-4-6-8-10;1-7(2)10-11(13)15(9(5)6)12(16)14(10)8(3)4;1-5-7-14-10(9(3)4)11(13)15(8-6-2)12(14)16;1-6(2)8-9(11)12(5)10(14)13(8)7(3)4;1-5-12-8(7(3)4)9(11)13(6-2)10(12)14;1-5-12-7(6(2)3)8(10)11(4)9(12)13;1-5(2)6-7(9)11(4)8(12)10(6)3;1-5(2)7-8(9)11(4)6(3)10-7;1-4(2)6-7(8)10-5(3)9-6;;;;;;;;/h4-9,11,14H,1-3H3;7-10,13H,1-6H3;9-10,13H,5-8H2,1-4H3;6-8,11H,1-5H3;7-8,11H,5-6H2,1-4H3;6-7,10H,5H2,1-4H3;5-6,9H,1-4H3;5,7,9-10H,3H2,1-2,4H3;4,6,9H,3H2,1-2H3,(H2,8,10);8*1H4. The minimum Gasteiger partial charge on any atom is -0.385 e. The summed E-state index contributed by atoms with van der Waals surface area (Å²) in [7, 11) is 10.2. The third-order valence-electron chi connectivity index (χ3n) is 22.7. The normalized spacial score (nSPS) is 21.5. The summed E-state index contributed by atoms with van der Waals surface area (Å²) in [6, 6.07) is 9.43. The van der Waals surface area contributed by atoms with Gasteiger partial charge in [0.25, 0.3) is 0 Å². The van der Waals surface area contributed by atoms with Crippen LogP contribution in [0.4, 0.5) is 39.2 Å². The Balaban J connectivity index is -0.000000263. The average molecular weight is 1850 g/mol. The maximum absolute atomic E-state index is 12.2. The van der Waals surface area contributed by atoms with Gasteiger partial charge < -0.3 is 50.7 Å². The first kappa shape index (κ1) is 134. The van der Waals surface area contributed by atoms with Gasteiger partial charge in [-0.1, -0.05) is 229 Å². The highest BCUT2D eigenvalue weighted by Crippen LogP contribution is 2.33. The number of carbonyl (C=O) groups is 7. The molecule has 10 rings (SSSR count). The topological polar surface area (TPSA) is 421 Å². The van der Waals surface area contributed by atoms with E-state index in [0.717, 1.165) is 30.9 Å². The number of likely N-dealkylation sites (N-methyl/N-ethyl adjacent to an activating group) is 9. The van der Waals surface area contributed by atoms with Gasteiger partial charge >= 0.3 is 42.2 Å². The van der Waals surface area contributed by atoms with E-state index in [9.17, 15) is 33.6 Å². The first-order valence-corrected chi connectivity index (χ1v) is 44.1. The van der Waals surface area contributed by atoms with Crippen molar-refractivity contribution in [3.63, 3.8) is 0 Å². The Hall–Kier alpha value is -10.2. The van der Waals surface area contributed by atoms with E-state index >= 15 is 0 Å². The summed E-state index contributed by atoms with van der Waals surface area (Å²) < 4.78 is 0. The third-order valence-corrected chi connectivity index (χ3v) is 22.7. The van der Waals surface area contributed by atoms with E-state index in [4.69, 9.17) is 49.0 Å². The van der Waals surface area contributed by atoms with Crippen LogP contribution in [0, 0.1) is 96.5 Å². The number of amides is 14. The molecule has 131 heavy (non-hydrogen) atoms. The molecule has 0 aliphatic carbocycles. The smallest absolute Gasteiger partial charge is 0.330 e. The van der Waals surface area contributed by atoms with Crippen molar-refractivity contribution in [2.24, 2.45) is 64.0 Å². The minimum atomic E-state index is -0.171. The fourth-order valence-corrected chi connectivity index (χ4v) is 16.2. The number of amidine groups is 9. The van der Waals surface area contributed by atoms with Crippen LogP contribution < -0.4 is 21.3 Å². The summed E-state index contributed by atoms with van der Waals surface area (Å²) >= 11 is 0. The Labute approximate surface area is 797 Å². The Morgan fingerprint density at radius 3 is 0.977 bits per heavy atom. The van der Waals surface area contributed by atoms with Gasteiger partial charge in [-0.05, 0) is 141 Å². The van der Waals surface area contributed by atoms with Crippen molar-refractivity contribution >= 4 is 100 Å². The van der Waals surface area contributed by atoms with Crippen LogP contribution in [0.25, 0.3) is 0 Å². The molecule has 9 atom stereocenters. The number of carbonyl (C=O) groups excluding carboxylic acids is 7. The summed E-state index contributed by atoms with van der Waals surface area (Å²) in [6.45, 7) is 69.6. The number of aliphatic imine (C=N–C) groups is 1. The summed E-state index contributed by atoms with van der Waals surface area (Å²) in [5.41, 5.74) is 6.45. The van der Waals surface area contributed by atoms with Crippen LogP contribution in [0.15, 0.2) is 60.1 Å². The van der Waals surface area contributed by atoms with Crippen molar-refractivity contribution < 1.29 is 33.6 Å². The molecule has 12 N–H and O–H groups in total. The van der Waals surface area contributed by atoms with Gasteiger partial charge in [0.2, 0.25) is 0 Å². The molecule has 34 heteroatoms. The molecular weight excluding hydrogens is 1660 g/mol. The van der Waals surface area contributed by atoms with Gasteiger partial charge in [0.15, 0.2) is 0 Å². The SMILES string of the molecule is C.C.C.C.C.C.C.C.C=C1N=C(N)C(C(C)C)N1.C=C1NC(C(C)C)C(=N)N1C.CC(C)C1C(=N)N(C(C)C)C(=O)N1C(C)C.CC(C)C1C(=N)N(C)C(=O)N1C.CC(C)C1C(=N)N(C)C(=O)N1C(C)C.CC(C)C1C(=N)N(C)C(=O)N1c1ccccc1.CCCN1C(=N)C(C(C)C)N(CCC)C1=O.CCN1C(=N)C(C(C)C)N(CC)C1=O.CCN1C(=O)N(C)C(=N)C1C(C)C. The molecule has 1 aromatic carbocycles. The van der Waals surface area contributed by atoms with Crippen LogP contribution in [0.3, 0.4) is 0 Å². The molecule has 34 nitrogen and oxygen atoms in total. The van der Waals surface area contributed by atoms with Gasteiger partial charge in [0.1, 0.15) is 58.3 Å². The maximum atomic E-state index is 12.2. The van der Waals surface area contributed by atoms with Crippen LogP contribution >= 0.6 is 0 Å². The highest BCUT2D eigenvalue weighted by Gasteiger charge is 2.49. The monoisotopic (exact) mass is 1850 g/mol. The molecule has 9 heterocycles. The second-order valence-corrected chi connectivity index (χ2v) is 36.3. The largest absolute Gasteiger partial charge is 0.385 e. The molecule has 0 bridgehead atoms. The van der Waals surface area contributed by atoms with Crippen LogP contribution in [-0.4, -0.2) is 311 Å². The first-order valence-electron chi connectivity index (χ1n) is 44.1. The molecule has 8 fully saturated rings. The quantitative estimate of drug-likeness (QED) is 0.0583. The van der Waals surface area contributed by atoms with Crippen LogP contribution in [0.1, 0.15) is 273 Å². The molecule has 0 saturated carbocycles. The van der Waals surface area contributed by atoms with Crippen LogP contribution in [0.5, 0.6) is 0 Å². The molecule has 0 spiro atoms. The lowest BCUT2D eigenvalue weighted by Gasteiger charge is -2.28. The van der Waals surface area contributed by atoms with Crippen molar-refractivity contribution in [1.82, 2.24) is 79.2 Å². The number of hydrogen-bond acceptors (Lipinski definition) is 19. The zero-order valence-electron chi connectivity index (χ0n) is 81.5. The lowest BCUT2D eigenvalue weighted by atomic mass is 10.0. The van der Waals surface area contributed by atoms with E-state index in [0.29, 0.717) is 126 Å². The van der Waals surface area contributed by atoms with Crippen molar-refractivity contribution in [2.45, 2.75) is 346 Å². The van der Waals surface area contributed by atoms with Crippen molar-refractivity contribution in [2.75, 3.05) is 79.9 Å². The molecule has 0 aromatic heterocycles. The number of nitrogens with one attached hydrogen (secondary N) is 10. The second kappa shape index (κ2) is 58.7. The third kappa shape index (κ3) is 31.5. The Kier molecular flexibility index (Phi) is 60.0. The molecule has 1 aromatic rings. The number of urea groups is 7. The van der Waals surface area contributed by atoms with Crippen molar-refractivity contribution in [3.05, 3.63) is 55.1 Å². The highest BCUT2D eigenvalue weighted by molar-refractivity contribution is 6.15. The van der Waals surface area contributed by atoms with Gasteiger partial charge in [0.05, 0.1) is 60.2 Å². The number of rotatable bonds is 20. The number of anilines is 1. The molecule has 14 amide bonds. The lowest BCUT2D eigenvalue weighted by molar-refractivity contribution is 0.159. The molecule has 9 aliphatic rings.